The van der Waals surface area contributed by atoms with Crippen molar-refractivity contribution >= 4 is 27.3 Å². The molecule has 158 valence electrons. The molecule has 0 heterocycles. The summed E-state index contributed by atoms with van der Waals surface area (Å²) in [5.74, 6) is 0.542. The van der Waals surface area contributed by atoms with E-state index < -0.39 is 22.0 Å². The van der Waals surface area contributed by atoms with Crippen LogP contribution in [0.15, 0.2) is 36.4 Å². The van der Waals surface area contributed by atoms with E-state index in [0.29, 0.717) is 29.3 Å². The van der Waals surface area contributed by atoms with Gasteiger partial charge in [0.1, 0.15) is 17.5 Å². The Bertz CT molecular complexity index is 989. The maximum atomic E-state index is 13.2. The van der Waals surface area contributed by atoms with Crippen LogP contribution >= 0.6 is 0 Å². The van der Waals surface area contributed by atoms with Gasteiger partial charge >= 0.3 is 0 Å². The van der Waals surface area contributed by atoms with Crippen molar-refractivity contribution in [3.05, 3.63) is 47.5 Å². The fourth-order valence-electron chi connectivity index (χ4n) is 3.12. The van der Waals surface area contributed by atoms with E-state index in [9.17, 15) is 13.2 Å². The topological polar surface area (TPSA) is 84.9 Å². The summed E-state index contributed by atoms with van der Waals surface area (Å²) in [6.07, 6.45) is 1.40. The first-order valence-electron chi connectivity index (χ1n) is 9.21. The van der Waals surface area contributed by atoms with E-state index >= 15 is 0 Å². The Kier molecular flexibility index (Phi) is 7.13. The molecular weight excluding hydrogens is 392 g/mol. The van der Waals surface area contributed by atoms with E-state index in [1.54, 1.807) is 31.2 Å². The number of amides is 1. The Morgan fingerprint density at radius 2 is 1.79 bits per heavy atom. The van der Waals surface area contributed by atoms with Crippen LogP contribution in [-0.2, 0) is 14.8 Å². The fourth-order valence-corrected chi connectivity index (χ4v) is 4.38. The number of hydrogen-bond acceptors (Lipinski definition) is 5. The maximum Gasteiger partial charge on any atom is 0.248 e. The van der Waals surface area contributed by atoms with Gasteiger partial charge in [0.25, 0.3) is 0 Å². The zero-order chi connectivity index (χ0) is 21.8. The van der Waals surface area contributed by atoms with Gasteiger partial charge in [0, 0.05) is 6.07 Å². The molecule has 0 aromatic heterocycles. The van der Waals surface area contributed by atoms with Gasteiger partial charge in [-0.15, -0.1) is 0 Å². The number of hydrogen-bond donors (Lipinski definition) is 1. The molecule has 0 saturated carbocycles. The highest BCUT2D eigenvalue weighted by Crippen LogP contribution is 2.31. The molecule has 2 aromatic rings. The van der Waals surface area contributed by atoms with Gasteiger partial charge in [0.2, 0.25) is 15.9 Å². The Hall–Kier alpha value is -2.74. The lowest BCUT2D eigenvalue weighted by Gasteiger charge is -2.31. The number of carbonyl (C=O) groups excluding carboxylic acids is 1. The van der Waals surface area contributed by atoms with Crippen LogP contribution in [0.1, 0.15) is 24.5 Å². The van der Waals surface area contributed by atoms with Crippen molar-refractivity contribution in [1.82, 2.24) is 0 Å². The summed E-state index contributed by atoms with van der Waals surface area (Å²) in [5, 5.41) is 2.79. The molecule has 0 spiro atoms. The Balaban J connectivity index is 2.48. The van der Waals surface area contributed by atoms with Crippen molar-refractivity contribution in [2.75, 3.05) is 30.1 Å². The van der Waals surface area contributed by atoms with E-state index in [2.05, 4.69) is 5.32 Å². The molecule has 2 rings (SSSR count). The summed E-state index contributed by atoms with van der Waals surface area (Å²) in [6.45, 7) is 5.48. The van der Waals surface area contributed by atoms with E-state index in [1.165, 1.54) is 18.5 Å². The van der Waals surface area contributed by atoms with Gasteiger partial charge in [-0.25, -0.2) is 8.42 Å². The smallest absolute Gasteiger partial charge is 0.248 e. The second-order valence-electron chi connectivity index (χ2n) is 6.83. The molecule has 2 aromatic carbocycles. The minimum Gasteiger partial charge on any atom is -0.497 e. The van der Waals surface area contributed by atoms with Crippen molar-refractivity contribution in [1.29, 1.82) is 0 Å². The van der Waals surface area contributed by atoms with Crippen LogP contribution in [0.4, 0.5) is 11.4 Å². The summed E-state index contributed by atoms with van der Waals surface area (Å²) in [7, 11) is -0.702. The van der Waals surface area contributed by atoms with Crippen molar-refractivity contribution in [3.8, 4) is 11.5 Å². The van der Waals surface area contributed by atoms with Gasteiger partial charge in [-0.2, -0.15) is 0 Å². The number of nitrogens with zero attached hydrogens (tertiary/aromatic N) is 1. The van der Waals surface area contributed by atoms with Crippen LogP contribution in [0, 0.1) is 13.8 Å². The van der Waals surface area contributed by atoms with Gasteiger partial charge in [-0.1, -0.05) is 19.1 Å². The quantitative estimate of drug-likeness (QED) is 0.706. The van der Waals surface area contributed by atoms with Crippen LogP contribution in [0.2, 0.25) is 0 Å². The molecule has 0 aliphatic heterocycles. The van der Waals surface area contributed by atoms with Crippen molar-refractivity contribution in [2.24, 2.45) is 0 Å². The summed E-state index contributed by atoms with van der Waals surface area (Å²) in [5.41, 5.74) is 2.58. The van der Waals surface area contributed by atoms with Crippen LogP contribution in [0.25, 0.3) is 0 Å². The van der Waals surface area contributed by atoms with Gasteiger partial charge in [0.15, 0.2) is 0 Å². The molecule has 0 fully saturated rings. The van der Waals surface area contributed by atoms with Gasteiger partial charge in [-0.05, 0) is 49.6 Å². The number of methoxy groups -OCH3 is 2. The van der Waals surface area contributed by atoms with E-state index in [4.69, 9.17) is 9.47 Å². The zero-order valence-electron chi connectivity index (χ0n) is 17.6. The number of benzene rings is 2. The van der Waals surface area contributed by atoms with E-state index in [-0.39, 0.29) is 0 Å². The predicted octanol–water partition coefficient (Wildman–Crippen LogP) is 3.50. The molecule has 1 unspecified atom stereocenters. The first-order valence-corrected chi connectivity index (χ1v) is 11.1. The Morgan fingerprint density at radius 3 is 2.34 bits per heavy atom. The number of carbonyl (C=O) groups is 1. The molecule has 0 radical (unpaired) electrons. The van der Waals surface area contributed by atoms with E-state index in [1.807, 2.05) is 26.0 Å². The third-order valence-electron chi connectivity index (χ3n) is 4.60. The molecule has 0 aliphatic carbocycles. The summed E-state index contributed by atoms with van der Waals surface area (Å²) < 4.78 is 37.1. The molecule has 1 atom stereocenters. The van der Waals surface area contributed by atoms with Crippen LogP contribution in [-0.4, -0.2) is 40.8 Å². The predicted molar refractivity (Wildman–Crippen MR) is 115 cm³/mol. The highest BCUT2D eigenvalue weighted by atomic mass is 32.2. The van der Waals surface area contributed by atoms with Crippen molar-refractivity contribution < 1.29 is 22.7 Å². The molecule has 0 aliphatic rings. The number of aryl methyl sites for hydroxylation is 2. The zero-order valence-corrected chi connectivity index (χ0v) is 18.5. The highest BCUT2D eigenvalue weighted by molar-refractivity contribution is 7.92. The number of ether oxygens (including phenoxy) is 2. The molecule has 8 heteroatoms. The number of rotatable bonds is 8. The summed E-state index contributed by atoms with van der Waals surface area (Å²) >= 11 is 0. The minimum atomic E-state index is -3.72. The average molecular weight is 421 g/mol. The van der Waals surface area contributed by atoms with Crippen LogP contribution in [0.5, 0.6) is 11.5 Å². The van der Waals surface area contributed by atoms with Crippen molar-refractivity contribution in [3.63, 3.8) is 0 Å². The second kappa shape index (κ2) is 9.17. The van der Waals surface area contributed by atoms with Gasteiger partial charge in [0.05, 0.1) is 31.9 Å². The lowest BCUT2D eigenvalue weighted by molar-refractivity contribution is -0.117. The third-order valence-corrected chi connectivity index (χ3v) is 5.76. The maximum absolute atomic E-state index is 13.2. The molecule has 7 nitrogen and oxygen atoms in total. The average Bonchev–Trinajstić information content (AvgIpc) is 2.66. The number of anilines is 2. The molecule has 29 heavy (non-hydrogen) atoms. The molecule has 0 saturated heterocycles. The standard InChI is InChI=1S/C21H28N2O5S/c1-7-18(21(24)22-17-13-16(27-4)10-11-20(17)28-5)23(29(6,25)26)19-12-14(2)8-9-15(19)3/h8-13,18H,7H2,1-6H3,(H,22,24). The van der Waals surface area contributed by atoms with E-state index in [0.717, 1.165) is 17.4 Å². The number of sulfonamides is 1. The summed E-state index contributed by atoms with van der Waals surface area (Å²) in [4.78, 5) is 13.2. The lowest BCUT2D eigenvalue weighted by Crippen LogP contribution is -2.47. The normalized spacial score (nSPS) is 12.2. The first kappa shape index (κ1) is 22.5. The molecule has 0 bridgehead atoms. The monoisotopic (exact) mass is 420 g/mol. The Morgan fingerprint density at radius 1 is 1.10 bits per heavy atom. The van der Waals surface area contributed by atoms with Crippen LogP contribution in [0.3, 0.4) is 0 Å². The van der Waals surface area contributed by atoms with Crippen LogP contribution < -0.4 is 19.1 Å². The highest BCUT2D eigenvalue weighted by Gasteiger charge is 2.33. The Labute approximate surface area is 172 Å². The van der Waals surface area contributed by atoms with Crippen molar-refractivity contribution in [2.45, 2.75) is 33.2 Å². The van der Waals surface area contributed by atoms with Gasteiger partial charge in [-0.3, -0.25) is 9.10 Å². The second-order valence-corrected chi connectivity index (χ2v) is 8.69. The fraction of sp³-hybridized carbons (Fsp3) is 0.381. The lowest BCUT2D eigenvalue weighted by atomic mass is 10.1. The number of nitrogens with one attached hydrogen (secondary N) is 1. The molecule has 1 amide bonds. The third kappa shape index (κ3) is 5.20. The summed E-state index contributed by atoms with van der Waals surface area (Å²) in [6, 6.07) is 9.62. The SMILES string of the molecule is CCC(C(=O)Nc1cc(OC)ccc1OC)N(c1cc(C)ccc1C)S(C)(=O)=O. The minimum absolute atomic E-state index is 0.290. The first-order chi connectivity index (χ1) is 13.6. The molecule has 1 N–H and O–H groups in total. The van der Waals surface area contributed by atoms with Gasteiger partial charge < -0.3 is 14.8 Å². The largest absolute Gasteiger partial charge is 0.497 e. The molecular formula is C21H28N2O5S.